The first kappa shape index (κ1) is 13.4. The fourth-order valence-corrected chi connectivity index (χ4v) is 2.84. The summed E-state index contributed by atoms with van der Waals surface area (Å²) in [6.45, 7) is 3.76. The molecule has 2 aliphatic heterocycles. The molecular formula is C15H21N3O2. The highest BCUT2D eigenvalue weighted by Crippen LogP contribution is 2.32. The molecule has 0 saturated carbocycles. The summed E-state index contributed by atoms with van der Waals surface area (Å²) in [5, 5.41) is 0. The molecule has 0 unspecified atom stereocenters. The number of rotatable bonds is 1. The third kappa shape index (κ3) is 2.39. The van der Waals surface area contributed by atoms with Gasteiger partial charge in [-0.1, -0.05) is 12.1 Å². The first-order valence-electron chi connectivity index (χ1n) is 7.08. The van der Waals surface area contributed by atoms with E-state index in [-0.39, 0.29) is 12.0 Å². The average Bonchev–Trinajstić information content (AvgIpc) is 2.47. The summed E-state index contributed by atoms with van der Waals surface area (Å²) in [6, 6.07) is 8.05. The third-order valence-corrected chi connectivity index (χ3v) is 4.05. The summed E-state index contributed by atoms with van der Waals surface area (Å²) in [4.78, 5) is 18.9. The quantitative estimate of drug-likeness (QED) is 0.759. The lowest BCUT2D eigenvalue weighted by molar-refractivity contribution is -0.135. The van der Waals surface area contributed by atoms with E-state index < -0.39 is 0 Å². The Morgan fingerprint density at radius 1 is 1.15 bits per heavy atom. The van der Waals surface area contributed by atoms with Gasteiger partial charge in [0, 0.05) is 33.2 Å². The van der Waals surface area contributed by atoms with Crippen LogP contribution in [-0.2, 0) is 9.53 Å². The molecule has 5 nitrogen and oxygen atoms in total. The van der Waals surface area contributed by atoms with Crippen LogP contribution in [-0.4, -0.2) is 63.8 Å². The van der Waals surface area contributed by atoms with Crippen LogP contribution >= 0.6 is 0 Å². The van der Waals surface area contributed by atoms with Crippen LogP contribution in [0.1, 0.15) is 0 Å². The molecule has 1 aromatic carbocycles. The van der Waals surface area contributed by atoms with Crippen molar-refractivity contribution < 1.29 is 9.53 Å². The summed E-state index contributed by atoms with van der Waals surface area (Å²) in [5.74, 6) is 0.0806. The lowest BCUT2D eigenvalue weighted by Crippen LogP contribution is -2.52. The van der Waals surface area contributed by atoms with Gasteiger partial charge in [0.1, 0.15) is 6.10 Å². The van der Waals surface area contributed by atoms with Crippen LogP contribution < -0.4 is 9.80 Å². The predicted octanol–water partition coefficient (Wildman–Crippen LogP) is 0.800. The SMILES string of the molecule is CN1CCO[C@@H](C(=O)N2CCN(C)c3ccccc32)C1. The van der Waals surface area contributed by atoms with E-state index in [9.17, 15) is 4.79 Å². The second kappa shape index (κ2) is 5.42. The fraction of sp³-hybridized carbons (Fsp3) is 0.533. The number of nitrogens with zero attached hydrogens (tertiary/aromatic N) is 3. The zero-order chi connectivity index (χ0) is 14.1. The zero-order valence-corrected chi connectivity index (χ0v) is 12.1. The first-order valence-corrected chi connectivity index (χ1v) is 7.08. The number of carbonyl (C=O) groups is 1. The Kier molecular flexibility index (Phi) is 3.63. The van der Waals surface area contributed by atoms with Crippen LogP contribution in [0.25, 0.3) is 0 Å². The number of morpholine rings is 1. The van der Waals surface area contributed by atoms with Crippen LogP contribution in [0, 0.1) is 0 Å². The molecule has 1 saturated heterocycles. The highest BCUT2D eigenvalue weighted by atomic mass is 16.5. The smallest absolute Gasteiger partial charge is 0.257 e. The Labute approximate surface area is 119 Å². The van der Waals surface area contributed by atoms with Crippen molar-refractivity contribution in [2.75, 3.05) is 56.7 Å². The van der Waals surface area contributed by atoms with Gasteiger partial charge in [-0.15, -0.1) is 0 Å². The number of fused-ring (bicyclic) bond motifs is 1. The average molecular weight is 275 g/mol. The monoisotopic (exact) mass is 275 g/mol. The van der Waals surface area contributed by atoms with Gasteiger partial charge >= 0.3 is 0 Å². The van der Waals surface area contributed by atoms with Gasteiger partial charge in [-0.05, 0) is 19.2 Å². The third-order valence-electron chi connectivity index (χ3n) is 4.05. The van der Waals surface area contributed by atoms with Crippen LogP contribution in [0.4, 0.5) is 11.4 Å². The molecule has 0 aromatic heterocycles. The number of amides is 1. The molecule has 5 heteroatoms. The zero-order valence-electron chi connectivity index (χ0n) is 12.1. The van der Waals surface area contributed by atoms with Crippen molar-refractivity contribution in [1.82, 2.24) is 4.90 Å². The number of para-hydroxylation sites is 2. The molecule has 2 heterocycles. The van der Waals surface area contributed by atoms with Gasteiger partial charge in [0.25, 0.3) is 5.91 Å². The van der Waals surface area contributed by atoms with Crippen molar-refractivity contribution >= 4 is 17.3 Å². The number of hydrogen-bond donors (Lipinski definition) is 0. The Hall–Kier alpha value is -1.59. The molecule has 0 bridgehead atoms. The summed E-state index contributed by atoms with van der Waals surface area (Å²) in [6.07, 6.45) is -0.342. The molecule has 0 N–H and O–H groups in total. The van der Waals surface area contributed by atoms with E-state index >= 15 is 0 Å². The minimum absolute atomic E-state index is 0.0806. The van der Waals surface area contributed by atoms with Gasteiger partial charge in [0.15, 0.2) is 0 Å². The van der Waals surface area contributed by atoms with Gasteiger partial charge in [0.05, 0.1) is 18.0 Å². The summed E-state index contributed by atoms with van der Waals surface area (Å²) in [7, 11) is 4.09. The summed E-state index contributed by atoms with van der Waals surface area (Å²) >= 11 is 0. The van der Waals surface area contributed by atoms with Crippen molar-refractivity contribution in [3.63, 3.8) is 0 Å². The van der Waals surface area contributed by atoms with Crippen molar-refractivity contribution in [3.8, 4) is 0 Å². The van der Waals surface area contributed by atoms with Crippen LogP contribution in [0.15, 0.2) is 24.3 Å². The first-order chi connectivity index (χ1) is 9.66. The molecule has 1 amide bonds. The normalized spacial score (nSPS) is 23.6. The maximum absolute atomic E-state index is 12.7. The highest BCUT2D eigenvalue weighted by molar-refractivity contribution is 6.00. The minimum Gasteiger partial charge on any atom is -0.371 e. The van der Waals surface area contributed by atoms with E-state index in [0.717, 1.165) is 31.0 Å². The predicted molar refractivity (Wildman–Crippen MR) is 79.3 cm³/mol. The highest BCUT2D eigenvalue weighted by Gasteiger charge is 2.32. The Morgan fingerprint density at radius 3 is 2.65 bits per heavy atom. The number of ether oxygens (including phenoxy) is 1. The van der Waals surface area contributed by atoms with Gasteiger partial charge in [-0.3, -0.25) is 4.79 Å². The number of benzene rings is 1. The second-order valence-electron chi connectivity index (χ2n) is 5.52. The number of carbonyl (C=O) groups excluding carboxylic acids is 1. The topological polar surface area (TPSA) is 36.0 Å². The summed E-state index contributed by atoms with van der Waals surface area (Å²) in [5.41, 5.74) is 2.10. The Bertz CT molecular complexity index is 506. The molecule has 1 fully saturated rings. The molecule has 2 aliphatic rings. The van der Waals surface area contributed by atoms with Gasteiger partial charge in [-0.25, -0.2) is 0 Å². The molecule has 0 spiro atoms. The summed E-state index contributed by atoms with van der Waals surface area (Å²) < 4.78 is 5.66. The molecule has 0 aliphatic carbocycles. The van der Waals surface area contributed by atoms with Crippen LogP contribution in [0.2, 0.25) is 0 Å². The largest absolute Gasteiger partial charge is 0.371 e. The number of anilines is 2. The van der Waals surface area contributed by atoms with Crippen molar-refractivity contribution in [2.24, 2.45) is 0 Å². The lowest BCUT2D eigenvalue weighted by Gasteiger charge is -2.38. The van der Waals surface area contributed by atoms with Gasteiger partial charge in [-0.2, -0.15) is 0 Å². The maximum atomic E-state index is 12.7. The molecule has 20 heavy (non-hydrogen) atoms. The Balaban J connectivity index is 1.84. The molecular weight excluding hydrogens is 254 g/mol. The van der Waals surface area contributed by atoms with Gasteiger partial charge in [0.2, 0.25) is 0 Å². The maximum Gasteiger partial charge on any atom is 0.257 e. The molecule has 3 rings (SSSR count). The molecule has 108 valence electrons. The lowest BCUT2D eigenvalue weighted by atomic mass is 10.1. The second-order valence-corrected chi connectivity index (χ2v) is 5.52. The number of likely N-dealkylation sites (N-methyl/N-ethyl adjacent to an activating group) is 2. The van der Waals surface area contributed by atoms with E-state index in [2.05, 4.69) is 22.9 Å². The van der Waals surface area contributed by atoms with Crippen molar-refractivity contribution in [1.29, 1.82) is 0 Å². The minimum atomic E-state index is -0.342. The van der Waals surface area contributed by atoms with Crippen LogP contribution in [0.3, 0.4) is 0 Å². The standard InChI is InChI=1S/C15H21N3O2/c1-16-9-10-20-14(11-16)15(19)18-8-7-17(2)12-5-3-4-6-13(12)18/h3-6,14H,7-11H2,1-2H3/t14-/m1/s1. The van der Waals surface area contributed by atoms with E-state index in [1.54, 1.807) is 0 Å². The number of hydrogen-bond acceptors (Lipinski definition) is 4. The fourth-order valence-electron chi connectivity index (χ4n) is 2.84. The Morgan fingerprint density at radius 2 is 1.90 bits per heavy atom. The van der Waals surface area contributed by atoms with Crippen molar-refractivity contribution in [2.45, 2.75) is 6.10 Å². The van der Waals surface area contributed by atoms with E-state index in [0.29, 0.717) is 13.2 Å². The molecule has 1 aromatic rings. The van der Waals surface area contributed by atoms with E-state index in [1.165, 1.54) is 0 Å². The molecule has 1 atom stereocenters. The molecule has 0 radical (unpaired) electrons. The van der Waals surface area contributed by atoms with Crippen LogP contribution in [0.5, 0.6) is 0 Å². The van der Waals surface area contributed by atoms with E-state index in [4.69, 9.17) is 4.74 Å². The van der Waals surface area contributed by atoms with Crippen molar-refractivity contribution in [3.05, 3.63) is 24.3 Å². The van der Waals surface area contributed by atoms with Gasteiger partial charge < -0.3 is 19.4 Å². The van der Waals surface area contributed by atoms with E-state index in [1.807, 2.05) is 30.1 Å².